The van der Waals surface area contributed by atoms with Gasteiger partial charge in [-0.3, -0.25) is 15.4 Å². The van der Waals surface area contributed by atoms with Gasteiger partial charge in [0.05, 0.1) is 5.69 Å². The summed E-state index contributed by atoms with van der Waals surface area (Å²) < 4.78 is 14.8. The van der Waals surface area contributed by atoms with Gasteiger partial charge in [0.1, 0.15) is 22.5 Å². The number of nitrogens with zero attached hydrogens (tertiary/aromatic N) is 4. The number of fused-ring (bicyclic) bond motifs is 1. The van der Waals surface area contributed by atoms with Crippen molar-refractivity contribution < 1.29 is 9.18 Å². The zero-order chi connectivity index (χ0) is 22.1. The highest BCUT2D eigenvalue weighted by atomic mass is 32.1. The second-order valence-electron chi connectivity index (χ2n) is 7.41. The van der Waals surface area contributed by atoms with Crippen LogP contribution in [0.1, 0.15) is 31.0 Å². The number of urea groups is 1. The summed E-state index contributed by atoms with van der Waals surface area (Å²) in [7, 11) is 1.84. The van der Waals surface area contributed by atoms with E-state index in [0.717, 1.165) is 27.9 Å². The smallest absolute Gasteiger partial charge is 0.290 e. The van der Waals surface area contributed by atoms with Crippen LogP contribution in [0, 0.1) is 12.7 Å². The van der Waals surface area contributed by atoms with E-state index in [1.54, 1.807) is 22.2 Å². The number of halogens is 1. The average Bonchev–Trinajstić information content (AvgIpc) is 3.31. The fraction of sp³-hybridized carbons (Fsp3) is 0.238. The summed E-state index contributed by atoms with van der Waals surface area (Å²) in [5.41, 5.74) is 8.99. The van der Waals surface area contributed by atoms with E-state index in [0.29, 0.717) is 16.6 Å². The highest BCUT2D eigenvalue weighted by molar-refractivity contribution is 7.13. The van der Waals surface area contributed by atoms with Crippen LogP contribution < -0.4 is 16.2 Å². The molecule has 0 radical (unpaired) electrons. The minimum absolute atomic E-state index is 0.266. The first-order valence-corrected chi connectivity index (χ1v) is 10.6. The number of benzene rings is 1. The van der Waals surface area contributed by atoms with E-state index in [2.05, 4.69) is 45.1 Å². The van der Waals surface area contributed by atoms with Gasteiger partial charge >= 0.3 is 6.03 Å². The van der Waals surface area contributed by atoms with Crippen molar-refractivity contribution in [3.05, 3.63) is 52.8 Å². The average molecular weight is 440 g/mol. The molecular formula is C21H22FN7OS. The quantitative estimate of drug-likeness (QED) is 0.388. The Bertz CT molecular complexity index is 1250. The maximum Gasteiger partial charge on any atom is 0.339 e. The van der Waals surface area contributed by atoms with Crippen molar-refractivity contribution in [2.24, 2.45) is 7.05 Å². The minimum atomic E-state index is -0.481. The number of amides is 2. The number of aryl methyl sites for hydroxylation is 2. The summed E-state index contributed by atoms with van der Waals surface area (Å²) in [6.45, 7) is 6.17. The Morgan fingerprint density at radius 3 is 2.61 bits per heavy atom. The molecule has 4 aromatic rings. The molecule has 0 aliphatic carbocycles. The van der Waals surface area contributed by atoms with Crippen LogP contribution in [-0.4, -0.2) is 25.8 Å². The molecule has 31 heavy (non-hydrogen) atoms. The van der Waals surface area contributed by atoms with Crippen molar-refractivity contribution in [2.75, 3.05) is 10.7 Å². The number of nitrogens with one attached hydrogen (secondary N) is 3. The van der Waals surface area contributed by atoms with Gasteiger partial charge in [0.2, 0.25) is 0 Å². The number of thiazole rings is 1. The van der Waals surface area contributed by atoms with E-state index in [1.165, 1.54) is 23.5 Å². The number of anilines is 2. The lowest BCUT2D eigenvalue weighted by atomic mass is 10.00. The molecule has 10 heteroatoms. The van der Waals surface area contributed by atoms with Gasteiger partial charge in [-0.25, -0.2) is 24.6 Å². The molecule has 160 valence electrons. The molecule has 8 nitrogen and oxygen atoms in total. The molecule has 0 fully saturated rings. The third-order valence-electron chi connectivity index (χ3n) is 4.76. The molecule has 0 unspecified atom stereocenters. The number of rotatable bonds is 5. The normalized spacial score (nSPS) is 11.2. The number of carbonyl (C=O) groups is 1. The van der Waals surface area contributed by atoms with Crippen molar-refractivity contribution in [1.29, 1.82) is 0 Å². The minimum Gasteiger partial charge on any atom is -0.290 e. The third-order valence-corrected chi connectivity index (χ3v) is 5.65. The lowest BCUT2D eigenvalue weighted by Crippen LogP contribution is -2.34. The Labute approximate surface area is 182 Å². The molecule has 0 spiro atoms. The predicted molar refractivity (Wildman–Crippen MR) is 121 cm³/mol. The van der Waals surface area contributed by atoms with Crippen LogP contribution in [0.3, 0.4) is 0 Å². The van der Waals surface area contributed by atoms with Crippen molar-refractivity contribution >= 4 is 40.0 Å². The lowest BCUT2D eigenvalue weighted by molar-refractivity contribution is 0.253. The molecule has 4 rings (SSSR count). The van der Waals surface area contributed by atoms with Crippen molar-refractivity contribution in [3.63, 3.8) is 0 Å². The first kappa shape index (κ1) is 20.7. The molecule has 0 aliphatic rings. The molecule has 3 N–H and O–H groups in total. The van der Waals surface area contributed by atoms with Crippen LogP contribution in [0.25, 0.3) is 21.6 Å². The molecule has 0 saturated heterocycles. The Balaban J connectivity index is 1.45. The van der Waals surface area contributed by atoms with Gasteiger partial charge in [-0.05, 0) is 48.7 Å². The third kappa shape index (κ3) is 4.33. The van der Waals surface area contributed by atoms with Gasteiger partial charge in [0, 0.05) is 23.4 Å². The van der Waals surface area contributed by atoms with Crippen molar-refractivity contribution in [2.45, 2.75) is 26.7 Å². The molecule has 0 aliphatic heterocycles. The van der Waals surface area contributed by atoms with Crippen LogP contribution >= 0.6 is 11.3 Å². The van der Waals surface area contributed by atoms with E-state index in [1.807, 2.05) is 20.0 Å². The zero-order valence-electron chi connectivity index (χ0n) is 17.5. The highest BCUT2D eigenvalue weighted by Crippen LogP contribution is 2.29. The Hall–Kier alpha value is -3.53. The monoisotopic (exact) mass is 439 g/mol. The van der Waals surface area contributed by atoms with E-state index in [-0.39, 0.29) is 11.7 Å². The van der Waals surface area contributed by atoms with E-state index < -0.39 is 6.03 Å². The molecular weight excluding hydrogens is 417 g/mol. The summed E-state index contributed by atoms with van der Waals surface area (Å²) in [5, 5.41) is 10.6. The van der Waals surface area contributed by atoms with Crippen LogP contribution in [0.5, 0.6) is 0 Å². The fourth-order valence-corrected chi connectivity index (χ4v) is 4.08. The lowest BCUT2D eigenvalue weighted by Gasteiger charge is -2.13. The van der Waals surface area contributed by atoms with E-state index in [9.17, 15) is 9.18 Å². The Morgan fingerprint density at radius 2 is 1.90 bits per heavy atom. The van der Waals surface area contributed by atoms with Crippen LogP contribution in [0.2, 0.25) is 0 Å². The molecule has 1 aromatic carbocycles. The molecule has 0 bridgehead atoms. The van der Waals surface area contributed by atoms with Crippen molar-refractivity contribution in [1.82, 2.24) is 25.2 Å². The first-order chi connectivity index (χ1) is 14.8. The second-order valence-corrected chi connectivity index (χ2v) is 8.27. The van der Waals surface area contributed by atoms with Crippen LogP contribution in [0.15, 0.2) is 35.7 Å². The number of hydrogen-bond acceptors (Lipinski definition) is 6. The summed E-state index contributed by atoms with van der Waals surface area (Å²) in [6.07, 6.45) is 0. The Kier molecular flexibility index (Phi) is 5.55. The molecule has 2 amide bonds. The summed E-state index contributed by atoms with van der Waals surface area (Å²) in [4.78, 5) is 21.3. The van der Waals surface area contributed by atoms with Gasteiger partial charge < -0.3 is 0 Å². The number of pyridine rings is 1. The highest BCUT2D eigenvalue weighted by Gasteiger charge is 2.16. The van der Waals surface area contributed by atoms with Crippen LogP contribution in [0.4, 0.5) is 20.8 Å². The number of hydrazine groups is 1. The van der Waals surface area contributed by atoms with Gasteiger partial charge in [0.15, 0.2) is 5.65 Å². The van der Waals surface area contributed by atoms with E-state index >= 15 is 0 Å². The van der Waals surface area contributed by atoms with Crippen molar-refractivity contribution in [3.8, 4) is 10.6 Å². The topological polar surface area (TPSA) is 96.8 Å². The van der Waals surface area contributed by atoms with Gasteiger partial charge in [0.25, 0.3) is 0 Å². The maximum atomic E-state index is 13.1. The van der Waals surface area contributed by atoms with E-state index in [4.69, 9.17) is 0 Å². The molecule has 3 heterocycles. The predicted octanol–water partition coefficient (Wildman–Crippen LogP) is 4.81. The SMILES string of the molecule is Cc1nn(C)c2nc(NNC(=O)Nc3csc(-c4ccc(F)cc4)n3)cc(C(C)C)c12. The summed E-state index contributed by atoms with van der Waals surface area (Å²) in [5.74, 6) is 0.872. The standard InChI is InChI=1S/C21H22FN7OS/c1-11(2)15-9-16(23-19-18(15)12(3)28-29(19)4)26-27-21(30)25-17-10-31-20(24-17)13-5-7-14(22)8-6-13/h5-11H,1-4H3,(H,23,26)(H2,25,27,30). The number of aromatic nitrogens is 4. The van der Waals surface area contributed by atoms with Gasteiger partial charge in [-0.15, -0.1) is 11.3 Å². The summed E-state index contributed by atoms with van der Waals surface area (Å²) >= 11 is 1.36. The molecule has 0 saturated carbocycles. The summed E-state index contributed by atoms with van der Waals surface area (Å²) in [6, 6.07) is 7.48. The van der Waals surface area contributed by atoms with Gasteiger partial charge in [-0.2, -0.15) is 5.10 Å². The van der Waals surface area contributed by atoms with Crippen LogP contribution in [-0.2, 0) is 7.05 Å². The first-order valence-electron chi connectivity index (χ1n) is 9.70. The number of hydrogen-bond donors (Lipinski definition) is 3. The van der Waals surface area contributed by atoms with Gasteiger partial charge in [-0.1, -0.05) is 13.8 Å². The molecule has 0 atom stereocenters. The largest absolute Gasteiger partial charge is 0.339 e. The fourth-order valence-electron chi connectivity index (χ4n) is 3.32. The number of carbonyl (C=O) groups excluding carboxylic acids is 1. The second kappa shape index (κ2) is 8.31. The zero-order valence-corrected chi connectivity index (χ0v) is 18.3. The maximum absolute atomic E-state index is 13.1. The Morgan fingerprint density at radius 1 is 1.16 bits per heavy atom. The molecule has 3 aromatic heterocycles.